The molecule has 0 aromatic carbocycles. The second-order valence-corrected chi connectivity index (χ2v) is 1.68. The summed E-state index contributed by atoms with van der Waals surface area (Å²) in [7, 11) is 0. The Morgan fingerprint density at radius 3 is 2.56 bits per heavy atom. The van der Waals surface area contributed by atoms with Crippen molar-refractivity contribution < 1.29 is 0 Å². The molecule has 0 rings (SSSR count). The minimum atomic E-state index is 0.755. The van der Waals surface area contributed by atoms with Gasteiger partial charge in [-0.25, -0.2) is 0 Å². The Bertz CT molecular complexity index is 64.0. The maximum absolute atomic E-state index is 6.36. The first kappa shape index (κ1) is 8.32. The Morgan fingerprint density at radius 1 is 1.33 bits per heavy atom. The highest BCUT2D eigenvalue weighted by Crippen LogP contribution is 1.81. The van der Waals surface area contributed by atoms with Gasteiger partial charge in [0.15, 0.2) is 0 Å². The minimum absolute atomic E-state index is 0.755. The maximum Gasteiger partial charge on any atom is 0.0346 e. The van der Waals surface area contributed by atoms with Crippen molar-refractivity contribution in [2.24, 2.45) is 11.1 Å². The number of nitrogens with zero attached hydrogens (tertiary/aromatic N) is 1. The summed E-state index contributed by atoms with van der Waals surface area (Å²) in [5.41, 5.74) is 11.4. The Hall–Kier alpha value is -0.680. The molecule has 0 aromatic rings. The SMILES string of the molecule is N=NNCCCCNN. The van der Waals surface area contributed by atoms with Crippen LogP contribution in [0.25, 0.3) is 0 Å². The summed E-state index contributed by atoms with van der Waals surface area (Å²) in [6.07, 6.45) is 2.01. The van der Waals surface area contributed by atoms with Gasteiger partial charge in [-0.3, -0.25) is 16.7 Å². The molecule has 0 fully saturated rings. The third-order valence-electron chi connectivity index (χ3n) is 0.939. The fourth-order valence-electron chi connectivity index (χ4n) is 0.487. The highest BCUT2D eigenvalue weighted by atomic mass is 15.4. The van der Waals surface area contributed by atoms with Gasteiger partial charge in [-0.15, -0.1) is 0 Å². The third-order valence-corrected chi connectivity index (χ3v) is 0.939. The number of hydrogen-bond donors (Lipinski definition) is 4. The van der Waals surface area contributed by atoms with E-state index in [9.17, 15) is 0 Å². The summed E-state index contributed by atoms with van der Waals surface area (Å²) < 4.78 is 0. The first-order valence-corrected chi connectivity index (χ1v) is 2.94. The quantitative estimate of drug-likeness (QED) is 0.174. The summed E-state index contributed by atoms with van der Waals surface area (Å²) in [6, 6.07) is 0. The van der Waals surface area contributed by atoms with E-state index in [-0.39, 0.29) is 0 Å². The van der Waals surface area contributed by atoms with Crippen LogP contribution >= 0.6 is 0 Å². The van der Waals surface area contributed by atoms with Crippen LogP contribution in [0.5, 0.6) is 0 Å². The molecule has 0 saturated heterocycles. The van der Waals surface area contributed by atoms with Crippen molar-refractivity contribution >= 4 is 0 Å². The lowest BCUT2D eigenvalue weighted by atomic mass is 10.3. The average molecular weight is 131 g/mol. The molecule has 0 radical (unpaired) electrons. The average Bonchev–Trinajstić information content (AvgIpc) is 1.89. The number of rotatable bonds is 6. The maximum atomic E-state index is 6.36. The molecule has 0 saturated carbocycles. The molecule has 0 aromatic heterocycles. The molecule has 0 amide bonds. The standard InChI is InChI=1S/C4H13N5/c5-7-3-1-2-4-8-9-6/h7H,1-5H2,(H2,6,8). The van der Waals surface area contributed by atoms with Gasteiger partial charge in [0.1, 0.15) is 0 Å². The molecule has 0 unspecified atom stereocenters. The monoisotopic (exact) mass is 131 g/mol. The summed E-state index contributed by atoms with van der Waals surface area (Å²) >= 11 is 0. The van der Waals surface area contributed by atoms with Gasteiger partial charge in [-0.1, -0.05) is 5.22 Å². The molecule has 9 heavy (non-hydrogen) atoms. The number of unbranched alkanes of at least 4 members (excludes halogenated alkanes) is 1. The number of hydrogen-bond acceptors (Lipinski definition) is 4. The van der Waals surface area contributed by atoms with Crippen molar-refractivity contribution in [1.82, 2.24) is 10.9 Å². The van der Waals surface area contributed by atoms with Crippen LogP contribution in [0, 0.1) is 5.53 Å². The van der Waals surface area contributed by atoms with E-state index in [1.165, 1.54) is 0 Å². The topological polar surface area (TPSA) is 86.3 Å². The van der Waals surface area contributed by atoms with Crippen LogP contribution in [-0.4, -0.2) is 13.1 Å². The molecular weight excluding hydrogens is 118 g/mol. The van der Waals surface area contributed by atoms with Gasteiger partial charge in [0, 0.05) is 13.1 Å². The molecule has 54 valence electrons. The third kappa shape index (κ3) is 7.32. The zero-order valence-corrected chi connectivity index (χ0v) is 5.35. The van der Waals surface area contributed by atoms with Crippen LogP contribution in [-0.2, 0) is 0 Å². The van der Waals surface area contributed by atoms with Crippen LogP contribution in [0.2, 0.25) is 0 Å². The largest absolute Gasteiger partial charge is 0.292 e. The first-order chi connectivity index (χ1) is 4.41. The van der Waals surface area contributed by atoms with Crippen molar-refractivity contribution in [3.8, 4) is 0 Å². The van der Waals surface area contributed by atoms with Gasteiger partial charge in [0.2, 0.25) is 0 Å². The Kier molecular flexibility index (Phi) is 6.77. The van der Waals surface area contributed by atoms with Gasteiger partial charge in [0.05, 0.1) is 0 Å². The van der Waals surface area contributed by atoms with E-state index in [1.54, 1.807) is 0 Å². The molecule has 5 nitrogen and oxygen atoms in total. The first-order valence-electron chi connectivity index (χ1n) is 2.94. The lowest BCUT2D eigenvalue weighted by molar-refractivity contribution is 0.586. The van der Waals surface area contributed by atoms with E-state index < -0.39 is 0 Å². The second-order valence-electron chi connectivity index (χ2n) is 1.68. The molecule has 5 N–H and O–H groups in total. The normalized spacial score (nSPS) is 9.00. The number of nitrogens with one attached hydrogen (secondary N) is 3. The van der Waals surface area contributed by atoms with E-state index >= 15 is 0 Å². The Balaban J connectivity index is 2.66. The molecule has 0 bridgehead atoms. The Morgan fingerprint density at radius 2 is 2.00 bits per heavy atom. The van der Waals surface area contributed by atoms with Gasteiger partial charge >= 0.3 is 0 Å². The van der Waals surface area contributed by atoms with Gasteiger partial charge < -0.3 is 0 Å². The number of nitrogens with two attached hydrogens (primary N) is 1. The van der Waals surface area contributed by atoms with Gasteiger partial charge in [-0.05, 0) is 12.8 Å². The van der Waals surface area contributed by atoms with Crippen LogP contribution in [0.15, 0.2) is 5.22 Å². The highest BCUT2D eigenvalue weighted by Gasteiger charge is 1.83. The van der Waals surface area contributed by atoms with Crippen molar-refractivity contribution in [2.45, 2.75) is 12.8 Å². The summed E-state index contributed by atoms with van der Waals surface area (Å²) in [6.45, 7) is 1.57. The fourth-order valence-corrected chi connectivity index (χ4v) is 0.487. The molecule has 0 heterocycles. The highest BCUT2D eigenvalue weighted by molar-refractivity contribution is 4.42. The minimum Gasteiger partial charge on any atom is -0.292 e. The Labute approximate surface area is 54.5 Å². The van der Waals surface area contributed by atoms with E-state index in [1.807, 2.05) is 0 Å². The smallest absolute Gasteiger partial charge is 0.0346 e. The molecule has 0 atom stereocenters. The van der Waals surface area contributed by atoms with Gasteiger partial charge in [-0.2, -0.15) is 5.53 Å². The predicted octanol–water partition coefficient (Wildman–Crippen LogP) is -0.235. The van der Waals surface area contributed by atoms with E-state index in [4.69, 9.17) is 11.4 Å². The molecular formula is C4H13N5. The van der Waals surface area contributed by atoms with Crippen molar-refractivity contribution in [1.29, 1.82) is 5.53 Å². The lowest BCUT2D eigenvalue weighted by Crippen LogP contribution is -2.23. The molecule has 5 heteroatoms. The van der Waals surface area contributed by atoms with E-state index in [2.05, 4.69) is 16.1 Å². The fraction of sp³-hybridized carbons (Fsp3) is 1.00. The zero-order chi connectivity index (χ0) is 6.95. The summed E-state index contributed by atoms with van der Waals surface area (Å²) in [4.78, 5) is 0. The second kappa shape index (κ2) is 7.32. The molecule has 0 aliphatic carbocycles. The summed E-state index contributed by atoms with van der Waals surface area (Å²) in [5, 5.41) is 2.98. The van der Waals surface area contributed by atoms with Crippen molar-refractivity contribution in [3.05, 3.63) is 0 Å². The molecule has 0 spiro atoms. The predicted molar refractivity (Wildman–Crippen MR) is 34.6 cm³/mol. The van der Waals surface area contributed by atoms with Crippen LogP contribution in [0.4, 0.5) is 0 Å². The van der Waals surface area contributed by atoms with E-state index in [0.29, 0.717) is 0 Å². The molecule has 0 aliphatic rings. The van der Waals surface area contributed by atoms with Crippen LogP contribution < -0.4 is 16.7 Å². The zero-order valence-electron chi connectivity index (χ0n) is 5.35. The lowest BCUT2D eigenvalue weighted by Gasteiger charge is -1.97. The van der Waals surface area contributed by atoms with Crippen molar-refractivity contribution in [3.63, 3.8) is 0 Å². The molecule has 0 aliphatic heterocycles. The van der Waals surface area contributed by atoms with Crippen molar-refractivity contribution in [2.75, 3.05) is 13.1 Å². The summed E-state index contributed by atoms with van der Waals surface area (Å²) in [5.74, 6) is 5.01. The van der Waals surface area contributed by atoms with E-state index in [0.717, 1.165) is 25.9 Å². The number of hydrazine groups is 1. The van der Waals surface area contributed by atoms with Crippen LogP contribution in [0.3, 0.4) is 0 Å². The van der Waals surface area contributed by atoms with Crippen LogP contribution in [0.1, 0.15) is 12.8 Å². The van der Waals surface area contributed by atoms with Gasteiger partial charge in [0.25, 0.3) is 0 Å².